The number of piperidine rings is 1. The Morgan fingerprint density at radius 2 is 2.09 bits per heavy atom. The molecule has 1 aromatic carbocycles. The monoisotopic (exact) mass is 370 g/mol. The molecule has 1 N–H and O–H groups in total. The number of nitrogens with one attached hydrogen (secondary N) is 1. The molecule has 2 rings (SSSR count). The maximum absolute atomic E-state index is 12.7. The lowest BCUT2D eigenvalue weighted by Gasteiger charge is -2.32. The summed E-state index contributed by atoms with van der Waals surface area (Å²) >= 11 is 5.82. The van der Waals surface area contributed by atoms with E-state index in [4.69, 9.17) is 11.6 Å². The summed E-state index contributed by atoms with van der Waals surface area (Å²) in [5.41, 5.74) is -0.965. The van der Waals surface area contributed by atoms with Gasteiger partial charge in [0.05, 0.1) is 10.6 Å². The van der Waals surface area contributed by atoms with Gasteiger partial charge in [0, 0.05) is 13.1 Å². The van der Waals surface area contributed by atoms with Gasteiger partial charge in [-0.25, -0.2) is 8.42 Å². The molecule has 1 unspecified atom stereocenters. The van der Waals surface area contributed by atoms with Crippen LogP contribution in [0.5, 0.6) is 0 Å². The lowest BCUT2D eigenvalue weighted by molar-refractivity contribution is -0.137. The number of halogens is 4. The van der Waals surface area contributed by atoms with E-state index in [1.165, 1.54) is 4.31 Å². The highest BCUT2D eigenvalue weighted by Crippen LogP contribution is 2.35. The zero-order valence-electron chi connectivity index (χ0n) is 12.5. The third-order valence-electron chi connectivity index (χ3n) is 3.85. The van der Waals surface area contributed by atoms with E-state index in [1.807, 2.05) is 0 Å². The quantitative estimate of drug-likeness (QED) is 0.886. The molecule has 1 aromatic rings. The summed E-state index contributed by atoms with van der Waals surface area (Å²) < 4.78 is 64.6. The van der Waals surface area contributed by atoms with Crippen LogP contribution in [0, 0.1) is 5.92 Å². The molecule has 23 heavy (non-hydrogen) atoms. The molecule has 0 radical (unpaired) electrons. The van der Waals surface area contributed by atoms with Crippen molar-refractivity contribution in [3.05, 3.63) is 28.8 Å². The molecular formula is C14H18ClF3N2O2S. The molecule has 0 spiro atoms. The highest BCUT2D eigenvalue weighted by Gasteiger charge is 2.34. The maximum atomic E-state index is 12.7. The van der Waals surface area contributed by atoms with E-state index in [0.29, 0.717) is 32.1 Å². The van der Waals surface area contributed by atoms with Gasteiger partial charge in [-0.3, -0.25) is 0 Å². The van der Waals surface area contributed by atoms with E-state index in [0.717, 1.165) is 18.6 Å². The Morgan fingerprint density at radius 1 is 1.39 bits per heavy atom. The summed E-state index contributed by atoms with van der Waals surface area (Å²) in [4.78, 5) is -0.280. The standard InChI is InChI=1S/C14H18ClF3N2O2S/c1-19-8-10-3-2-6-20(9-10)23(21,22)13-5-4-11(7-12(13)15)14(16,17)18/h4-5,7,10,19H,2-3,6,8-9H2,1H3. The van der Waals surface area contributed by atoms with E-state index in [2.05, 4.69) is 5.32 Å². The molecule has 0 bridgehead atoms. The second-order valence-corrected chi connectivity index (χ2v) is 7.89. The molecular weight excluding hydrogens is 353 g/mol. The normalized spacial score (nSPS) is 20.7. The van der Waals surface area contributed by atoms with Gasteiger partial charge in [0.1, 0.15) is 4.90 Å². The summed E-state index contributed by atoms with van der Waals surface area (Å²) in [6.45, 7) is 1.37. The molecule has 1 saturated heterocycles. The summed E-state index contributed by atoms with van der Waals surface area (Å²) in [6, 6.07) is 2.33. The van der Waals surface area contributed by atoms with Crippen molar-refractivity contribution in [2.75, 3.05) is 26.7 Å². The van der Waals surface area contributed by atoms with E-state index < -0.39 is 26.8 Å². The Balaban J connectivity index is 2.29. The minimum Gasteiger partial charge on any atom is -0.319 e. The van der Waals surface area contributed by atoms with Crippen LogP contribution in [0.1, 0.15) is 18.4 Å². The first-order valence-corrected chi connectivity index (χ1v) is 8.99. The van der Waals surface area contributed by atoms with Crippen molar-refractivity contribution in [1.29, 1.82) is 0 Å². The highest BCUT2D eigenvalue weighted by atomic mass is 35.5. The summed E-state index contributed by atoms with van der Waals surface area (Å²) in [5, 5.41) is 2.61. The minimum atomic E-state index is -4.56. The lowest BCUT2D eigenvalue weighted by atomic mass is 10.00. The molecule has 1 aliphatic heterocycles. The van der Waals surface area contributed by atoms with Gasteiger partial charge < -0.3 is 5.32 Å². The van der Waals surface area contributed by atoms with Crippen LogP contribution < -0.4 is 5.32 Å². The summed E-state index contributed by atoms with van der Waals surface area (Å²) in [6.07, 6.45) is -2.94. The van der Waals surface area contributed by atoms with Gasteiger partial charge in [-0.2, -0.15) is 17.5 Å². The first-order valence-electron chi connectivity index (χ1n) is 7.17. The average Bonchev–Trinajstić information content (AvgIpc) is 2.46. The third-order valence-corrected chi connectivity index (χ3v) is 6.20. The van der Waals surface area contributed by atoms with E-state index in [9.17, 15) is 21.6 Å². The number of sulfonamides is 1. The SMILES string of the molecule is CNCC1CCCN(S(=O)(=O)c2ccc(C(F)(F)F)cc2Cl)C1. The molecule has 0 amide bonds. The predicted molar refractivity (Wildman–Crippen MR) is 81.9 cm³/mol. The van der Waals surface area contributed by atoms with Crippen molar-refractivity contribution in [2.24, 2.45) is 5.92 Å². The lowest BCUT2D eigenvalue weighted by Crippen LogP contribution is -2.42. The Morgan fingerprint density at radius 3 is 2.65 bits per heavy atom. The van der Waals surface area contributed by atoms with Crippen LogP contribution in [0.4, 0.5) is 13.2 Å². The molecule has 0 aromatic heterocycles. The maximum Gasteiger partial charge on any atom is 0.416 e. The Kier molecular flexibility index (Phi) is 5.60. The van der Waals surface area contributed by atoms with Gasteiger partial charge in [0.15, 0.2) is 0 Å². The Hall–Kier alpha value is -0.830. The molecule has 0 saturated carbocycles. The van der Waals surface area contributed by atoms with E-state index in [1.54, 1.807) is 7.05 Å². The number of benzene rings is 1. The van der Waals surface area contributed by atoms with E-state index >= 15 is 0 Å². The van der Waals surface area contributed by atoms with Crippen LogP contribution in [0.3, 0.4) is 0 Å². The van der Waals surface area contributed by atoms with Crippen LogP contribution in [0.25, 0.3) is 0 Å². The van der Waals surface area contributed by atoms with Crippen LogP contribution in [0.15, 0.2) is 23.1 Å². The molecule has 1 aliphatic rings. The van der Waals surface area contributed by atoms with Crippen LogP contribution in [-0.4, -0.2) is 39.4 Å². The number of hydrogen-bond donors (Lipinski definition) is 1. The number of nitrogens with zero attached hydrogens (tertiary/aromatic N) is 1. The van der Waals surface area contributed by atoms with Crippen molar-refractivity contribution in [1.82, 2.24) is 9.62 Å². The number of rotatable bonds is 4. The van der Waals surface area contributed by atoms with Crippen LogP contribution in [0.2, 0.25) is 5.02 Å². The van der Waals surface area contributed by atoms with Crippen molar-refractivity contribution in [3.63, 3.8) is 0 Å². The largest absolute Gasteiger partial charge is 0.416 e. The fourth-order valence-corrected chi connectivity index (χ4v) is 4.80. The van der Waals surface area contributed by atoms with Gasteiger partial charge in [0.25, 0.3) is 0 Å². The molecule has 1 atom stereocenters. The molecule has 130 valence electrons. The number of alkyl halides is 3. The average molecular weight is 371 g/mol. The van der Waals surface area contributed by atoms with E-state index in [-0.39, 0.29) is 10.8 Å². The fourth-order valence-electron chi connectivity index (χ4n) is 2.73. The molecule has 0 aliphatic carbocycles. The van der Waals surface area contributed by atoms with Crippen molar-refractivity contribution in [3.8, 4) is 0 Å². The van der Waals surface area contributed by atoms with Gasteiger partial charge >= 0.3 is 6.18 Å². The first kappa shape index (κ1) is 18.5. The summed E-state index contributed by atoms with van der Waals surface area (Å²) in [5.74, 6) is 0.178. The Labute approximate surface area is 138 Å². The number of hydrogen-bond acceptors (Lipinski definition) is 3. The van der Waals surface area contributed by atoms with Gasteiger partial charge in [-0.1, -0.05) is 11.6 Å². The summed E-state index contributed by atoms with van der Waals surface area (Å²) in [7, 11) is -2.11. The van der Waals surface area contributed by atoms with Gasteiger partial charge in [-0.15, -0.1) is 0 Å². The second kappa shape index (κ2) is 6.96. The topological polar surface area (TPSA) is 49.4 Å². The molecule has 1 heterocycles. The molecule has 4 nitrogen and oxygen atoms in total. The highest BCUT2D eigenvalue weighted by molar-refractivity contribution is 7.89. The second-order valence-electron chi connectivity index (χ2n) is 5.57. The van der Waals surface area contributed by atoms with Crippen molar-refractivity contribution < 1.29 is 21.6 Å². The zero-order valence-corrected chi connectivity index (χ0v) is 14.1. The Bertz CT molecular complexity index is 662. The third kappa shape index (κ3) is 4.17. The van der Waals surface area contributed by atoms with Crippen molar-refractivity contribution >= 4 is 21.6 Å². The fraction of sp³-hybridized carbons (Fsp3) is 0.571. The van der Waals surface area contributed by atoms with Crippen molar-refractivity contribution in [2.45, 2.75) is 23.9 Å². The zero-order chi connectivity index (χ0) is 17.3. The first-order chi connectivity index (χ1) is 10.7. The van der Waals surface area contributed by atoms with Crippen LogP contribution in [-0.2, 0) is 16.2 Å². The molecule has 9 heteroatoms. The van der Waals surface area contributed by atoms with Crippen LogP contribution >= 0.6 is 11.6 Å². The molecule has 1 fully saturated rings. The predicted octanol–water partition coefficient (Wildman–Crippen LogP) is 2.98. The smallest absolute Gasteiger partial charge is 0.319 e. The van der Waals surface area contributed by atoms with Gasteiger partial charge in [-0.05, 0) is 50.6 Å². The minimum absolute atomic E-state index is 0.178. The van der Waals surface area contributed by atoms with Gasteiger partial charge in [0.2, 0.25) is 10.0 Å².